The molecule has 3 rings (SSSR count). The molecule has 2 heterocycles. The maximum Gasteiger partial charge on any atom is 0.243 e. The second-order valence-corrected chi connectivity index (χ2v) is 5.15. The number of benzene rings is 1. The quantitative estimate of drug-likeness (QED) is 0.752. The van der Waals surface area contributed by atoms with Crippen LogP contribution < -0.4 is 11.1 Å². The fourth-order valence-electron chi connectivity index (χ4n) is 2.23. The monoisotopic (exact) mass is 281 g/mol. The number of anilines is 1. The Balaban J connectivity index is 1.68. The van der Waals surface area contributed by atoms with Gasteiger partial charge >= 0.3 is 0 Å². The van der Waals surface area contributed by atoms with Gasteiger partial charge in [0, 0.05) is 12.7 Å². The van der Waals surface area contributed by atoms with Crippen LogP contribution in [-0.4, -0.2) is 21.1 Å². The predicted octanol–water partition coefficient (Wildman–Crippen LogP) is 2.15. The summed E-state index contributed by atoms with van der Waals surface area (Å²) in [5.74, 6) is 0.645. The van der Waals surface area contributed by atoms with Crippen molar-refractivity contribution in [1.29, 1.82) is 0 Å². The molecule has 0 atom stereocenters. The molecule has 5 nitrogen and oxygen atoms in total. The van der Waals surface area contributed by atoms with E-state index in [1.165, 1.54) is 16.7 Å². The predicted molar refractivity (Wildman–Crippen MR) is 84.3 cm³/mol. The topological polar surface area (TPSA) is 68.2 Å². The van der Waals surface area contributed by atoms with Crippen LogP contribution in [0.3, 0.4) is 0 Å². The molecule has 0 amide bonds. The number of hydrogen-bond donors (Lipinski definition) is 2. The van der Waals surface area contributed by atoms with Gasteiger partial charge in [-0.05, 0) is 48.7 Å². The van der Waals surface area contributed by atoms with Gasteiger partial charge in [-0.25, -0.2) is 4.52 Å². The first-order valence-corrected chi connectivity index (χ1v) is 7.09. The summed E-state index contributed by atoms with van der Waals surface area (Å²) < 4.78 is 1.78. The summed E-state index contributed by atoms with van der Waals surface area (Å²) in [5.41, 5.74) is 10.1. The van der Waals surface area contributed by atoms with Crippen molar-refractivity contribution in [1.82, 2.24) is 14.6 Å². The van der Waals surface area contributed by atoms with E-state index in [4.69, 9.17) is 5.73 Å². The summed E-state index contributed by atoms with van der Waals surface area (Å²) in [6.45, 7) is 3.44. The van der Waals surface area contributed by atoms with Gasteiger partial charge in [0.2, 0.25) is 5.95 Å². The van der Waals surface area contributed by atoms with Gasteiger partial charge in [0.25, 0.3) is 0 Å². The molecule has 0 aliphatic rings. The van der Waals surface area contributed by atoms with Gasteiger partial charge in [-0.1, -0.05) is 24.3 Å². The molecule has 0 unspecified atom stereocenters. The minimum Gasteiger partial charge on any atom is -0.349 e. The Kier molecular flexibility index (Phi) is 3.83. The van der Waals surface area contributed by atoms with Crippen molar-refractivity contribution in [2.75, 3.05) is 11.9 Å². The van der Waals surface area contributed by atoms with Gasteiger partial charge in [-0.2, -0.15) is 4.98 Å². The van der Waals surface area contributed by atoms with Crippen LogP contribution in [0.25, 0.3) is 5.65 Å². The van der Waals surface area contributed by atoms with Gasteiger partial charge in [-0.3, -0.25) is 0 Å². The largest absolute Gasteiger partial charge is 0.349 e. The first-order valence-electron chi connectivity index (χ1n) is 7.09. The van der Waals surface area contributed by atoms with Crippen molar-refractivity contribution in [3.05, 3.63) is 59.3 Å². The lowest BCUT2D eigenvalue weighted by molar-refractivity contribution is 0.945. The highest BCUT2D eigenvalue weighted by Crippen LogP contribution is 2.10. The van der Waals surface area contributed by atoms with Gasteiger partial charge in [0.1, 0.15) is 0 Å². The van der Waals surface area contributed by atoms with Crippen molar-refractivity contribution in [3.63, 3.8) is 0 Å². The molecule has 0 radical (unpaired) electrons. The molecule has 21 heavy (non-hydrogen) atoms. The molecular formula is C16H19N5. The molecule has 0 aliphatic heterocycles. The average Bonchev–Trinajstić information content (AvgIpc) is 2.89. The Morgan fingerprint density at radius 1 is 1.14 bits per heavy atom. The molecule has 5 heteroatoms. The third-order valence-electron chi connectivity index (χ3n) is 3.40. The van der Waals surface area contributed by atoms with E-state index in [1.807, 2.05) is 25.3 Å². The van der Waals surface area contributed by atoms with Crippen LogP contribution in [0.4, 0.5) is 5.95 Å². The van der Waals surface area contributed by atoms with Crippen LogP contribution >= 0.6 is 0 Å². The third kappa shape index (κ3) is 3.20. The number of rotatable bonds is 5. The Labute approximate surface area is 123 Å². The molecule has 0 bridgehead atoms. The van der Waals surface area contributed by atoms with Crippen LogP contribution in [0.5, 0.6) is 0 Å². The van der Waals surface area contributed by atoms with Gasteiger partial charge in [0.15, 0.2) is 5.65 Å². The minimum absolute atomic E-state index is 0.645. The fourth-order valence-corrected chi connectivity index (χ4v) is 2.23. The molecule has 3 N–H and O–H groups in total. The Morgan fingerprint density at radius 3 is 2.67 bits per heavy atom. The van der Waals surface area contributed by atoms with E-state index < -0.39 is 0 Å². The van der Waals surface area contributed by atoms with E-state index in [-0.39, 0.29) is 0 Å². The van der Waals surface area contributed by atoms with Crippen molar-refractivity contribution in [2.24, 2.45) is 5.73 Å². The maximum absolute atomic E-state index is 5.55. The number of nitrogens with one attached hydrogen (secondary N) is 1. The van der Waals surface area contributed by atoms with Crippen LogP contribution in [0.2, 0.25) is 0 Å². The molecule has 1 aromatic carbocycles. The SMILES string of the molecule is Cc1ccn2nc(NCc3ccc(CCN)cc3)nc2c1. The minimum atomic E-state index is 0.645. The van der Waals surface area contributed by atoms with Crippen LogP contribution in [0.15, 0.2) is 42.6 Å². The molecule has 0 aliphatic carbocycles. The summed E-state index contributed by atoms with van der Waals surface area (Å²) >= 11 is 0. The van der Waals surface area contributed by atoms with E-state index >= 15 is 0 Å². The summed E-state index contributed by atoms with van der Waals surface area (Å²) in [6.07, 6.45) is 2.84. The Bertz CT molecular complexity index is 730. The maximum atomic E-state index is 5.55. The molecule has 0 saturated carbocycles. The number of nitrogens with two attached hydrogens (primary N) is 1. The Morgan fingerprint density at radius 2 is 1.90 bits per heavy atom. The highest BCUT2D eigenvalue weighted by molar-refractivity contribution is 5.45. The van der Waals surface area contributed by atoms with Gasteiger partial charge in [-0.15, -0.1) is 5.10 Å². The molecule has 0 spiro atoms. The van der Waals surface area contributed by atoms with E-state index in [0.717, 1.165) is 12.1 Å². The number of nitrogens with zero attached hydrogens (tertiary/aromatic N) is 3. The molecule has 0 fully saturated rings. The standard InChI is InChI=1S/C16H19N5/c1-12-7-9-21-15(10-12)19-16(20-21)18-11-14-4-2-13(3-5-14)6-8-17/h2-5,7,9-10H,6,8,11,17H2,1H3,(H,18,20). The lowest BCUT2D eigenvalue weighted by Gasteiger charge is -2.04. The average molecular weight is 281 g/mol. The van der Waals surface area contributed by atoms with Crippen LogP contribution in [0, 0.1) is 6.92 Å². The summed E-state index contributed by atoms with van der Waals surface area (Å²) in [4.78, 5) is 4.46. The zero-order chi connectivity index (χ0) is 14.7. The number of fused-ring (bicyclic) bond motifs is 1. The number of pyridine rings is 1. The lowest BCUT2D eigenvalue weighted by atomic mass is 10.1. The van der Waals surface area contributed by atoms with Crippen LogP contribution in [-0.2, 0) is 13.0 Å². The smallest absolute Gasteiger partial charge is 0.243 e. The molecule has 108 valence electrons. The Hall–Kier alpha value is -2.40. The van der Waals surface area contributed by atoms with Crippen molar-refractivity contribution in [2.45, 2.75) is 19.9 Å². The third-order valence-corrected chi connectivity index (χ3v) is 3.40. The molecule has 0 saturated heterocycles. The summed E-state index contributed by atoms with van der Waals surface area (Å²) in [7, 11) is 0. The zero-order valence-corrected chi connectivity index (χ0v) is 12.1. The van der Waals surface area contributed by atoms with Gasteiger partial charge < -0.3 is 11.1 Å². The zero-order valence-electron chi connectivity index (χ0n) is 12.1. The van der Waals surface area contributed by atoms with Crippen LogP contribution in [0.1, 0.15) is 16.7 Å². The summed E-state index contributed by atoms with van der Waals surface area (Å²) in [6, 6.07) is 12.5. The number of aromatic nitrogens is 3. The van der Waals surface area contributed by atoms with Gasteiger partial charge in [0.05, 0.1) is 0 Å². The summed E-state index contributed by atoms with van der Waals surface area (Å²) in [5, 5.41) is 7.65. The lowest BCUT2D eigenvalue weighted by Crippen LogP contribution is -2.04. The first kappa shape index (κ1) is 13.6. The molecule has 3 aromatic rings. The first-order chi connectivity index (χ1) is 10.2. The van der Waals surface area contributed by atoms with Crippen molar-refractivity contribution < 1.29 is 0 Å². The fraction of sp³-hybridized carbons (Fsp3) is 0.250. The number of hydrogen-bond acceptors (Lipinski definition) is 4. The highest BCUT2D eigenvalue weighted by Gasteiger charge is 2.03. The normalized spacial score (nSPS) is 11.0. The highest BCUT2D eigenvalue weighted by atomic mass is 15.3. The second-order valence-electron chi connectivity index (χ2n) is 5.15. The number of aryl methyl sites for hydroxylation is 1. The molecule has 2 aromatic heterocycles. The van der Waals surface area contributed by atoms with E-state index in [0.29, 0.717) is 19.0 Å². The van der Waals surface area contributed by atoms with Crippen molar-refractivity contribution in [3.8, 4) is 0 Å². The van der Waals surface area contributed by atoms with E-state index in [2.05, 4.69) is 39.7 Å². The van der Waals surface area contributed by atoms with E-state index in [1.54, 1.807) is 4.52 Å². The molecular weight excluding hydrogens is 262 g/mol. The van der Waals surface area contributed by atoms with Crippen molar-refractivity contribution >= 4 is 11.6 Å². The van der Waals surface area contributed by atoms with E-state index in [9.17, 15) is 0 Å². The second kappa shape index (κ2) is 5.93.